The number of nitrogens with zero attached hydrogens (tertiary/aromatic N) is 1. The Morgan fingerprint density at radius 3 is 2.31 bits per heavy atom. The number of likely N-dealkylation sites (tertiary alicyclic amines) is 1. The van der Waals surface area contributed by atoms with Gasteiger partial charge in [-0.2, -0.15) is 0 Å². The van der Waals surface area contributed by atoms with Gasteiger partial charge in [0.2, 0.25) is 0 Å². The molecular formula is C11H18BN. The summed E-state index contributed by atoms with van der Waals surface area (Å²) in [5, 5.41) is 0. The second kappa shape index (κ2) is 3.16. The van der Waals surface area contributed by atoms with Gasteiger partial charge in [0.25, 0.3) is 0 Å². The van der Waals surface area contributed by atoms with Crippen LogP contribution >= 0.6 is 0 Å². The van der Waals surface area contributed by atoms with Crippen molar-refractivity contribution < 1.29 is 0 Å². The van der Waals surface area contributed by atoms with E-state index >= 15 is 0 Å². The van der Waals surface area contributed by atoms with Crippen LogP contribution in [0.5, 0.6) is 0 Å². The smallest absolute Gasteiger partial charge is 0.107 e. The van der Waals surface area contributed by atoms with E-state index in [0.29, 0.717) is 5.41 Å². The lowest BCUT2D eigenvalue weighted by Crippen LogP contribution is -2.36. The van der Waals surface area contributed by atoms with Gasteiger partial charge in [0.1, 0.15) is 7.85 Å². The van der Waals surface area contributed by atoms with Gasteiger partial charge in [-0.05, 0) is 58.2 Å². The number of hydrogen-bond donors (Lipinski definition) is 0. The summed E-state index contributed by atoms with van der Waals surface area (Å²) in [6, 6.07) is 0. The van der Waals surface area contributed by atoms with Crippen molar-refractivity contribution in [2.45, 2.75) is 32.6 Å². The molecule has 1 saturated heterocycles. The molecule has 13 heavy (non-hydrogen) atoms. The first-order valence-corrected chi connectivity index (χ1v) is 5.24. The zero-order valence-corrected chi connectivity index (χ0v) is 8.77. The quantitative estimate of drug-likeness (QED) is 0.508. The topological polar surface area (TPSA) is 3.24 Å². The van der Waals surface area contributed by atoms with Crippen LogP contribution in [0.25, 0.3) is 0 Å². The van der Waals surface area contributed by atoms with Crippen molar-refractivity contribution in [3.8, 4) is 0 Å². The molecule has 2 heteroatoms. The fraction of sp³-hybridized carbons (Fsp3) is 0.818. The molecule has 1 nitrogen and oxygen atoms in total. The third kappa shape index (κ3) is 1.69. The van der Waals surface area contributed by atoms with E-state index in [9.17, 15) is 0 Å². The number of allylic oxidation sites excluding steroid dienone is 2. The molecule has 0 N–H and O–H groups in total. The molecule has 70 valence electrons. The van der Waals surface area contributed by atoms with Crippen molar-refractivity contribution in [2.75, 3.05) is 20.1 Å². The van der Waals surface area contributed by atoms with Crippen LogP contribution in [0.1, 0.15) is 32.6 Å². The Balaban J connectivity index is 2.02. The van der Waals surface area contributed by atoms with Crippen LogP contribution in [0.3, 0.4) is 0 Å². The normalized spacial score (nSPS) is 28.8. The lowest BCUT2D eigenvalue weighted by Gasteiger charge is -2.38. The van der Waals surface area contributed by atoms with E-state index in [-0.39, 0.29) is 0 Å². The van der Waals surface area contributed by atoms with Crippen LogP contribution in [0.2, 0.25) is 0 Å². The van der Waals surface area contributed by atoms with Crippen molar-refractivity contribution in [1.82, 2.24) is 4.90 Å². The largest absolute Gasteiger partial charge is 0.306 e. The van der Waals surface area contributed by atoms with Crippen LogP contribution in [-0.2, 0) is 0 Å². The minimum absolute atomic E-state index is 0.556. The fourth-order valence-corrected chi connectivity index (χ4v) is 2.74. The molecule has 1 fully saturated rings. The molecule has 0 unspecified atom stereocenters. The highest BCUT2D eigenvalue weighted by molar-refractivity contribution is 6.22. The van der Waals surface area contributed by atoms with Gasteiger partial charge in [-0.15, -0.1) is 5.47 Å². The van der Waals surface area contributed by atoms with Crippen LogP contribution < -0.4 is 0 Å². The summed E-state index contributed by atoms with van der Waals surface area (Å²) < 4.78 is 0. The average molecular weight is 175 g/mol. The monoisotopic (exact) mass is 175 g/mol. The van der Waals surface area contributed by atoms with Crippen LogP contribution in [-0.4, -0.2) is 32.9 Å². The number of hydrogen-bond acceptors (Lipinski definition) is 1. The van der Waals surface area contributed by atoms with Crippen LogP contribution in [0, 0.1) is 5.41 Å². The summed E-state index contributed by atoms with van der Waals surface area (Å²) in [6.07, 6.45) is 5.09. The zero-order valence-electron chi connectivity index (χ0n) is 8.77. The Morgan fingerprint density at radius 1 is 1.23 bits per heavy atom. The average Bonchev–Trinajstić information content (AvgIpc) is 2.36. The van der Waals surface area contributed by atoms with Gasteiger partial charge in [0.05, 0.1) is 0 Å². The van der Waals surface area contributed by atoms with Gasteiger partial charge in [0.15, 0.2) is 0 Å². The molecule has 2 aliphatic rings. The Hall–Kier alpha value is -0.235. The third-order valence-corrected chi connectivity index (χ3v) is 3.80. The molecule has 0 saturated carbocycles. The fourth-order valence-electron chi connectivity index (χ4n) is 2.74. The van der Waals surface area contributed by atoms with E-state index in [1.54, 1.807) is 0 Å². The van der Waals surface area contributed by atoms with Crippen molar-refractivity contribution in [2.24, 2.45) is 5.41 Å². The molecule has 0 aromatic rings. The van der Waals surface area contributed by atoms with Gasteiger partial charge in [-0.25, -0.2) is 0 Å². The van der Waals surface area contributed by atoms with E-state index in [1.807, 2.05) is 0 Å². The molecule has 0 amide bonds. The lowest BCUT2D eigenvalue weighted by atomic mass is 9.74. The summed E-state index contributed by atoms with van der Waals surface area (Å²) in [4.78, 5) is 2.43. The molecule has 0 atom stereocenters. The van der Waals surface area contributed by atoms with Crippen LogP contribution in [0.4, 0.5) is 0 Å². The Labute approximate surface area is 82.6 Å². The molecular weight excluding hydrogens is 157 g/mol. The zero-order chi connectivity index (χ0) is 9.47. The highest BCUT2D eigenvalue weighted by Gasteiger charge is 2.37. The van der Waals surface area contributed by atoms with Gasteiger partial charge in [-0.1, -0.05) is 5.57 Å². The van der Waals surface area contributed by atoms with Gasteiger partial charge in [-0.3, -0.25) is 0 Å². The molecule has 1 aliphatic carbocycles. The maximum Gasteiger partial charge on any atom is 0.107 e. The summed E-state index contributed by atoms with van der Waals surface area (Å²) >= 11 is 0. The first-order valence-electron chi connectivity index (χ1n) is 5.24. The van der Waals surface area contributed by atoms with E-state index in [2.05, 4.69) is 18.9 Å². The van der Waals surface area contributed by atoms with E-state index < -0.39 is 0 Å². The van der Waals surface area contributed by atoms with Crippen LogP contribution in [0.15, 0.2) is 11.0 Å². The summed E-state index contributed by atoms with van der Waals surface area (Å²) in [5.41, 5.74) is 3.18. The van der Waals surface area contributed by atoms with Crippen molar-refractivity contribution in [1.29, 1.82) is 0 Å². The summed E-state index contributed by atoms with van der Waals surface area (Å²) in [6.45, 7) is 4.70. The first kappa shape index (κ1) is 9.33. The molecule has 0 bridgehead atoms. The second-order valence-electron chi connectivity index (χ2n) is 4.96. The number of piperidine rings is 1. The van der Waals surface area contributed by atoms with E-state index in [1.165, 1.54) is 43.4 Å². The summed E-state index contributed by atoms with van der Waals surface area (Å²) in [5.74, 6) is 0. The predicted molar refractivity (Wildman–Crippen MR) is 56.9 cm³/mol. The maximum atomic E-state index is 5.98. The SMILES string of the molecule is [B]C1=C(C)CC2(CCN(C)CC2)C1. The van der Waals surface area contributed by atoms with Gasteiger partial charge >= 0.3 is 0 Å². The first-order chi connectivity index (χ1) is 6.11. The minimum atomic E-state index is 0.556. The Morgan fingerprint density at radius 2 is 1.85 bits per heavy atom. The third-order valence-electron chi connectivity index (χ3n) is 3.80. The number of rotatable bonds is 0. The molecule has 2 rings (SSSR count). The molecule has 0 aromatic carbocycles. The van der Waals surface area contributed by atoms with Gasteiger partial charge in [0, 0.05) is 0 Å². The Bertz CT molecular complexity index is 220. The second-order valence-corrected chi connectivity index (χ2v) is 4.96. The summed E-state index contributed by atoms with van der Waals surface area (Å²) in [7, 11) is 8.20. The van der Waals surface area contributed by atoms with E-state index in [0.717, 1.165) is 6.42 Å². The highest BCUT2D eigenvalue weighted by atomic mass is 15.1. The minimum Gasteiger partial charge on any atom is -0.306 e. The van der Waals surface area contributed by atoms with Crippen molar-refractivity contribution >= 4 is 7.85 Å². The van der Waals surface area contributed by atoms with Gasteiger partial charge < -0.3 is 4.90 Å². The molecule has 1 heterocycles. The highest BCUT2D eigenvalue weighted by Crippen LogP contribution is 2.47. The standard InChI is InChI=1S/C11H18BN/c1-9-7-11(8-10(9)12)3-5-13(2)6-4-11/h3-8H2,1-2H3. The maximum absolute atomic E-state index is 5.98. The molecule has 1 aliphatic heterocycles. The van der Waals surface area contributed by atoms with Crippen molar-refractivity contribution in [3.63, 3.8) is 0 Å². The molecule has 2 radical (unpaired) electrons. The van der Waals surface area contributed by atoms with Crippen molar-refractivity contribution in [3.05, 3.63) is 11.0 Å². The van der Waals surface area contributed by atoms with E-state index in [4.69, 9.17) is 7.85 Å². The molecule has 0 aromatic heterocycles. The predicted octanol–water partition coefficient (Wildman–Crippen LogP) is 1.93. The molecule has 1 spiro atoms. The lowest BCUT2D eigenvalue weighted by molar-refractivity contribution is 0.132. The Kier molecular flexibility index (Phi) is 2.27.